The van der Waals surface area contributed by atoms with E-state index in [4.69, 9.17) is 0 Å². The molecule has 0 aliphatic heterocycles. The van der Waals surface area contributed by atoms with Crippen molar-refractivity contribution in [1.29, 1.82) is 0 Å². The average molecular weight is 220 g/mol. The van der Waals surface area contributed by atoms with Gasteiger partial charge in [-0.05, 0) is 0 Å². The lowest BCUT2D eigenvalue weighted by atomic mass is 10.4. The molecule has 72 valence electrons. The van der Waals surface area contributed by atoms with Crippen LogP contribution < -0.4 is 4.72 Å². The summed E-state index contributed by atoms with van der Waals surface area (Å²) in [6.45, 7) is 0. The minimum absolute atomic E-state index is 0.0533. The fourth-order valence-corrected chi connectivity index (χ4v) is 1.81. The molecule has 0 aliphatic rings. The minimum atomic E-state index is -3.44. The third kappa shape index (κ3) is 4.00. The molecule has 0 spiro atoms. The number of hydrogen-bond donors (Lipinski definition) is 1. The van der Waals surface area contributed by atoms with E-state index < -0.39 is 15.9 Å². The van der Waals surface area contributed by atoms with Crippen molar-refractivity contribution < 1.29 is 13.2 Å². The number of rotatable bonds is 3. The van der Waals surface area contributed by atoms with Gasteiger partial charge in [-0.1, -0.05) is 0 Å². The highest BCUT2D eigenvalue weighted by atomic mass is 32.2. The molecule has 0 fully saturated rings. The molecule has 0 saturated heterocycles. The van der Waals surface area contributed by atoms with Gasteiger partial charge in [0.25, 0.3) is 0 Å². The van der Waals surface area contributed by atoms with Crippen LogP contribution >= 0.6 is 11.3 Å². The van der Waals surface area contributed by atoms with Crippen molar-refractivity contribution in [3.63, 3.8) is 0 Å². The summed E-state index contributed by atoms with van der Waals surface area (Å²) >= 11 is 1.31. The highest BCUT2D eigenvalue weighted by molar-refractivity contribution is 7.89. The van der Waals surface area contributed by atoms with Crippen molar-refractivity contribution in [3.05, 3.63) is 16.6 Å². The number of nitrogens with zero attached hydrogens (tertiary/aromatic N) is 1. The summed E-state index contributed by atoms with van der Waals surface area (Å²) in [4.78, 5) is 15.5. The lowest BCUT2D eigenvalue weighted by Crippen LogP contribution is -2.30. The van der Waals surface area contributed by atoms with E-state index >= 15 is 0 Å². The van der Waals surface area contributed by atoms with Gasteiger partial charge in [-0.25, -0.2) is 8.42 Å². The van der Waals surface area contributed by atoms with Gasteiger partial charge < -0.3 is 0 Å². The lowest BCUT2D eigenvalue weighted by Gasteiger charge is -1.99. The van der Waals surface area contributed by atoms with E-state index in [2.05, 4.69) is 4.98 Å². The molecule has 1 N–H and O–H groups in total. The molecule has 0 radical (unpaired) electrons. The number of carbonyl (C=O) groups excluding carboxylic acids is 1. The summed E-state index contributed by atoms with van der Waals surface area (Å²) in [6.07, 6.45) is 2.53. The van der Waals surface area contributed by atoms with Crippen LogP contribution in [-0.4, -0.2) is 25.6 Å². The molecule has 0 saturated carbocycles. The smallest absolute Gasteiger partial charge is 0.238 e. The van der Waals surface area contributed by atoms with Gasteiger partial charge in [-0.3, -0.25) is 14.5 Å². The molecule has 13 heavy (non-hydrogen) atoms. The van der Waals surface area contributed by atoms with Gasteiger partial charge in [0, 0.05) is 11.1 Å². The predicted molar refractivity (Wildman–Crippen MR) is 48.8 cm³/mol. The summed E-state index contributed by atoms with van der Waals surface area (Å²) < 4.78 is 23.1. The van der Waals surface area contributed by atoms with E-state index in [9.17, 15) is 13.2 Å². The molecule has 1 rings (SSSR count). The van der Waals surface area contributed by atoms with Gasteiger partial charge in [0.1, 0.15) is 0 Å². The third-order valence-electron chi connectivity index (χ3n) is 1.12. The first-order valence-corrected chi connectivity index (χ1v) is 6.12. The highest BCUT2D eigenvalue weighted by Gasteiger charge is 2.09. The molecule has 0 atom stereocenters. The van der Waals surface area contributed by atoms with E-state index in [1.807, 2.05) is 4.72 Å². The van der Waals surface area contributed by atoms with E-state index in [1.165, 1.54) is 17.5 Å². The Morgan fingerprint density at radius 1 is 1.69 bits per heavy atom. The van der Waals surface area contributed by atoms with Crippen molar-refractivity contribution in [3.8, 4) is 0 Å². The van der Waals surface area contributed by atoms with Gasteiger partial charge in [-0.2, -0.15) is 0 Å². The van der Waals surface area contributed by atoms with Crippen molar-refractivity contribution in [2.24, 2.45) is 0 Å². The molecular formula is C6H8N2O3S2. The van der Waals surface area contributed by atoms with Crippen molar-refractivity contribution in [2.75, 3.05) is 6.26 Å². The van der Waals surface area contributed by atoms with E-state index in [-0.39, 0.29) is 6.42 Å². The number of thiazole rings is 1. The topological polar surface area (TPSA) is 76.1 Å². The summed E-state index contributed by atoms with van der Waals surface area (Å²) in [5.74, 6) is -0.535. The molecular weight excluding hydrogens is 212 g/mol. The van der Waals surface area contributed by atoms with Crippen LogP contribution in [0.4, 0.5) is 0 Å². The lowest BCUT2D eigenvalue weighted by molar-refractivity contribution is -0.118. The van der Waals surface area contributed by atoms with Gasteiger partial charge >= 0.3 is 0 Å². The predicted octanol–water partition coefficient (Wildman–Crippen LogP) is -0.239. The van der Waals surface area contributed by atoms with Crippen LogP contribution in [0.5, 0.6) is 0 Å². The molecule has 5 nitrogen and oxygen atoms in total. The Balaban J connectivity index is 2.53. The Bertz CT molecular complexity index is 382. The summed E-state index contributed by atoms with van der Waals surface area (Å²) in [7, 11) is -3.44. The number of aromatic nitrogens is 1. The fourth-order valence-electron chi connectivity index (χ4n) is 0.731. The normalized spacial score (nSPS) is 11.2. The van der Waals surface area contributed by atoms with Crippen LogP contribution in [0.15, 0.2) is 11.7 Å². The van der Waals surface area contributed by atoms with Gasteiger partial charge in [0.15, 0.2) is 0 Å². The largest absolute Gasteiger partial charge is 0.274 e. The molecule has 0 bridgehead atoms. The van der Waals surface area contributed by atoms with Gasteiger partial charge in [0.05, 0.1) is 18.2 Å². The van der Waals surface area contributed by atoms with Gasteiger partial charge in [-0.15, -0.1) is 11.3 Å². The monoisotopic (exact) mass is 220 g/mol. The van der Waals surface area contributed by atoms with Crippen LogP contribution in [0.25, 0.3) is 0 Å². The zero-order chi connectivity index (χ0) is 9.90. The summed E-state index contributed by atoms with van der Waals surface area (Å²) in [5, 5.41) is 0. The van der Waals surface area contributed by atoms with Crippen LogP contribution in [0.1, 0.15) is 4.88 Å². The molecule has 0 aromatic carbocycles. The average Bonchev–Trinajstić information content (AvgIpc) is 2.34. The second-order valence-electron chi connectivity index (χ2n) is 2.44. The maximum absolute atomic E-state index is 11.0. The zero-order valence-corrected chi connectivity index (χ0v) is 8.48. The highest BCUT2D eigenvalue weighted by Crippen LogP contribution is 2.05. The van der Waals surface area contributed by atoms with Crippen LogP contribution in [0, 0.1) is 0 Å². The summed E-state index contributed by atoms with van der Waals surface area (Å²) in [6, 6.07) is 0. The molecule has 1 aromatic rings. The number of hydrogen-bond acceptors (Lipinski definition) is 5. The van der Waals surface area contributed by atoms with Crippen LogP contribution in [0.2, 0.25) is 0 Å². The standard InChI is InChI=1S/C6H8N2O3S2/c1-13(10,11)8-6(9)2-5-3-7-4-12-5/h3-4H,2H2,1H3,(H,8,9). The molecule has 0 aliphatic carbocycles. The van der Waals surface area contributed by atoms with Crippen LogP contribution in [0.3, 0.4) is 0 Å². The quantitative estimate of drug-likeness (QED) is 0.763. The van der Waals surface area contributed by atoms with Crippen molar-refractivity contribution in [1.82, 2.24) is 9.71 Å². The Hall–Kier alpha value is -0.950. The molecule has 7 heteroatoms. The maximum Gasteiger partial charge on any atom is 0.238 e. The zero-order valence-electron chi connectivity index (χ0n) is 6.85. The van der Waals surface area contributed by atoms with E-state index in [0.717, 1.165) is 11.1 Å². The third-order valence-corrected chi connectivity index (χ3v) is 2.50. The number of amides is 1. The SMILES string of the molecule is CS(=O)(=O)NC(=O)Cc1cncs1. The van der Waals surface area contributed by atoms with E-state index in [0.29, 0.717) is 0 Å². The second-order valence-corrected chi connectivity index (χ2v) is 5.16. The molecule has 1 heterocycles. The van der Waals surface area contributed by atoms with Crippen LogP contribution in [-0.2, 0) is 21.2 Å². The number of sulfonamides is 1. The van der Waals surface area contributed by atoms with E-state index in [1.54, 1.807) is 5.51 Å². The van der Waals surface area contributed by atoms with Crippen molar-refractivity contribution >= 4 is 27.3 Å². The molecule has 0 unspecified atom stereocenters. The van der Waals surface area contributed by atoms with Gasteiger partial charge in [0.2, 0.25) is 15.9 Å². The molecule has 1 amide bonds. The Morgan fingerprint density at radius 2 is 2.38 bits per heavy atom. The number of nitrogens with one attached hydrogen (secondary N) is 1. The first-order valence-electron chi connectivity index (χ1n) is 3.35. The first kappa shape index (κ1) is 10.1. The Labute approximate surface area is 79.9 Å². The number of carbonyl (C=O) groups is 1. The summed E-state index contributed by atoms with van der Waals surface area (Å²) in [5.41, 5.74) is 1.59. The Kier molecular flexibility index (Phi) is 2.99. The fraction of sp³-hybridized carbons (Fsp3) is 0.333. The second kappa shape index (κ2) is 3.84. The maximum atomic E-state index is 11.0. The Morgan fingerprint density at radius 3 is 2.85 bits per heavy atom. The molecule has 1 aromatic heterocycles. The minimum Gasteiger partial charge on any atom is -0.274 e. The van der Waals surface area contributed by atoms with Crippen molar-refractivity contribution in [2.45, 2.75) is 6.42 Å². The first-order chi connectivity index (χ1) is 5.97.